The van der Waals surface area contributed by atoms with Crippen LogP contribution in [0.2, 0.25) is 0 Å². The van der Waals surface area contributed by atoms with E-state index in [2.05, 4.69) is 20.5 Å². The van der Waals surface area contributed by atoms with Gasteiger partial charge >= 0.3 is 0 Å². The fourth-order valence-electron chi connectivity index (χ4n) is 2.18. The zero-order valence-corrected chi connectivity index (χ0v) is 15.5. The number of aromatic nitrogens is 1. The third-order valence-corrected chi connectivity index (χ3v) is 3.60. The molecule has 1 aromatic heterocycles. The number of amides is 1. The fraction of sp³-hybridized carbons (Fsp3) is 0.368. The highest BCUT2D eigenvalue weighted by atomic mass is 16.5. The van der Waals surface area contributed by atoms with Gasteiger partial charge in [-0.15, -0.1) is 0 Å². The number of hydrogen-bond donors (Lipinski definition) is 2. The summed E-state index contributed by atoms with van der Waals surface area (Å²) in [5.74, 6) is 1.28. The smallest absolute Gasteiger partial charge is 0.270 e. The van der Waals surface area contributed by atoms with Crippen LogP contribution in [0.3, 0.4) is 0 Å². The minimum absolute atomic E-state index is 0.223. The largest absolute Gasteiger partial charge is 0.497 e. The molecule has 2 rings (SSSR count). The maximum Gasteiger partial charge on any atom is 0.270 e. The first-order valence-corrected chi connectivity index (χ1v) is 8.48. The summed E-state index contributed by atoms with van der Waals surface area (Å²) in [5, 5.41) is 6.08. The zero-order chi connectivity index (χ0) is 18.8. The number of rotatable bonds is 10. The van der Waals surface area contributed by atoms with Crippen molar-refractivity contribution < 1.29 is 14.3 Å². The molecule has 0 unspecified atom stereocenters. The van der Waals surface area contributed by atoms with Gasteiger partial charge in [0.05, 0.1) is 13.7 Å². The lowest BCUT2D eigenvalue weighted by Gasteiger charge is -2.12. The average Bonchev–Trinajstić information content (AvgIpc) is 2.65. The van der Waals surface area contributed by atoms with Crippen LogP contribution in [-0.4, -0.2) is 63.2 Å². The summed E-state index contributed by atoms with van der Waals surface area (Å²) in [7, 11) is 5.65. The topological polar surface area (TPSA) is 75.7 Å². The molecule has 1 heterocycles. The highest BCUT2D eigenvalue weighted by molar-refractivity contribution is 5.93. The van der Waals surface area contributed by atoms with Crippen LogP contribution >= 0.6 is 0 Å². The van der Waals surface area contributed by atoms with Gasteiger partial charge < -0.3 is 25.0 Å². The van der Waals surface area contributed by atoms with Crippen molar-refractivity contribution >= 4 is 11.6 Å². The van der Waals surface area contributed by atoms with Crippen molar-refractivity contribution in [1.82, 2.24) is 15.2 Å². The molecular formula is C19H26N4O3. The van der Waals surface area contributed by atoms with E-state index < -0.39 is 0 Å². The number of carbonyl (C=O) groups excluding carboxylic acids is 1. The molecule has 2 aromatic rings. The number of benzene rings is 1. The van der Waals surface area contributed by atoms with Gasteiger partial charge in [-0.2, -0.15) is 0 Å². The van der Waals surface area contributed by atoms with Crippen molar-refractivity contribution in [2.24, 2.45) is 0 Å². The molecule has 1 amide bonds. The first-order chi connectivity index (χ1) is 12.6. The number of pyridine rings is 1. The van der Waals surface area contributed by atoms with E-state index in [1.807, 2.05) is 44.4 Å². The van der Waals surface area contributed by atoms with Crippen molar-refractivity contribution in [3.05, 3.63) is 48.3 Å². The molecule has 0 saturated heterocycles. The summed E-state index contributed by atoms with van der Waals surface area (Å²) in [6, 6.07) is 10.9. The summed E-state index contributed by atoms with van der Waals surface area (Å²) in [4.78, 5) is 18.4. The third-order valence-electron chi connectivity index (χ3n) is 3.60. The molecule has 0 aliphatic rings. The van der Waals surface area contributed by atoms with E-state index in [9.17, 15) is 4.79 Å². The lowest BCUT2D eigenvalue weighted by atomic mass is 10.3. The van der Waals surface area contributed by atoms with Gasteiger partial charge in [0.15, 0.2) is 0 Å². The monoisotopic (exact) mass is 358 g/mol. The van der Waals surface area contributed by atoms with Crippen LogP contribution in [-0.2, 0) is 0 Å². The molecule has 0 aliphatic heterocycles. The summed E-state index contributed by atoms with van der Waals surface area (Å²) in [6.07, 6.45) is 1.63. The molecule has 0 spiro atoms. The number of ether oxygens (including phenoxy) is 2. The van der Waals surface area contributed by atoms with Crippen molar-refractivity contribution in [3.63, 3.8) is 0 Å². The summed E-state index contributed by atoms with van der Waals surface area (Å²) in [5.41, 5.74) is 1.26. The van der Waals surface area contributed by atoms with Gasteiger partial charge in [-0.05, 0) is 50.5 Å². The molecule has 0 atom stereocenters. The molecule has 0 saturated carbocycles. The normalized spacial score (nSPS) is 10.5. The lowest BCUT2D eigenvalue weighted by molar-refractivity contribution is 0.0942. The molecule has 140 valence electrons. The number of carbonyl (C=O) groups is 1. The molecule has 0 radical (unpaired) electrons. The van der Waals surface area contributed by atoms with Crippen LogP contribution in [0.15, 0.2) is 42.6 Å². The highest BCUT2D eigenvalue weighted by Gasteiger charge is 2.07. The fourth-order valence-corrected chi connectivity index (χ4v) is 2.18. The summed E-state index contributed by atoms with van der Waals surface area (Å²) >= 11 is 0. The Hall–Kier alpha value is -2.80. The molecule has 0 aliphatic carbocycles. The van der Waals surface area contributed by atoms with E-state index in [1.54, 1.807) is 19.4 Å². The van der Waals surface area contributed by atoms with Crippen molar-refractivity contribution in [2.45, 2.75) is 0 Å². The van der Waals surface area contributed by atoms with E-state index in [-0.39, 0.29) is 5.91 Å². The van der Waals surface area contributed by atoms with Gasteiger partial charge in [-0.3, -0.25) is 9.78 Å². The SMILES string of the molecule is COc1ccc(OCCNC(=O)c2cc(NCCN(C)C)ccn2)cc1. The maximum atomic E-state index is 12.2. The molecule has 0 fully saturated rings. The van der Waals surface area contributed by atoms with Crippen molar-refractivity contribution in [3.8, 4) is 11.5 Å². The molecule has 0 bridgehead atoms. The summed E-state index contributed by atoms with van der Waals surface area (Å²) in [6.45, 7) is 2.48. The predicted molar refractivity (Wildman–Crippen MR) is 102 cm³/mol. The maximum absolute atomic E-state index is 12.2. The Morgan fingerprint density at radius 3 is 2.54 bits per heavy atom. The van der Waals surface area contributed by atoms with E-state index in [0.29, 0.717) is 18.8 Å². The Morgan fingerprint density at radius 2 is 1.85 bits per heavy atom. The number of anilines is 1. The Kier molecular flexibility index (Phi) is 7.70. The quantitative estimate of drug-likeness (QED) is 0.632. The van der Waals surface area contributed by atoms with Gasteiger partial charge in [0.25, 0.3) is 5.91 Å². The lowest BCUT2D eigenvalue weighted by Crippen LogP contribution is -2.29. The van der Waals surface area contributed by atoms with Crippen LogP contribution in [0, 0.1) is 0 Å². The van der Waals surface area contributed by atoms with Gasteiger partial charge in [0.2, 0.25) is 0 Å². The van der Waals surface area contributed by atoms with Crippen LogP contribution < -0.4 is 20.1 Å². The average molecular weight is 358 g/mol. The minimum Gasteiger partial charge on any atom is -0.497 e. The third kappa shape index (κ3) is 6.60. The minimum atomic E-state index is -0.223. The molecule has 7 nitrogen and oxygen atoms in total. The molecule has 26 heavy (non-hydrogen) atoms. The highest BCUT2D eigenvalue weighted by Crippen LogP contribution is 2.16. The second-order valence-electron chi connectivity index (χ2n) is 5.94. The van der Waals surface area contributed by atoms with E-state index >= 15 is 0 Å². The predicted octanol–water partition coefficient (Wildman–Crippen LogP) is 1.87. The first-order valence-electron chi connectivity index (χ1n) is 8.48. The second kappa shape index (κ2) is 10.2. The standard InChI is InChI=1S/C19H26N4O3/c1-23(2)12-10-20-15-8-9-21-18(14-15)19(24)22-11-13-26-17-6-4-16(25-3)5-7-17/h4-9,14H,10-13H2,1-3H3,(H,20,21)(H,22,24). The molecular weight excluding hydrogens is 332 g/mol. The zero-order valence-electron chi connectivity index (χ0n) is 15.5. The Balaban J connectivity index is 1.74. The number of methoxy groups -OCH3 is 1. The summed E-state index contributed by atoms with van der Waals surface area (Å²) < 4.78 is 10.7. The van der Waals surface area contributed by atoms with Gasteiger partial charge in [-0.1, -0.05) is 0 Å². The van der Waals surface area contributed by atoms with Crippen LogP contribution in [0.1, 0.15) is 10.5 Å². The van der Waals surface area contributed by atoms with E-state index in [1.165, 1.54) is 0 Å². The first kappa shape index (κ1) is 19.5. The van der Waals surface area contributed by atoms with E-state index in [0.717, 1.165) is 30.3 Å². The molecule has 2 N–H and O–H groups in total. The van der Waals surface area contributed by atoms with Crippen LogP contribution in [0.4, 0.5) is 5.69 Å². The van der Waals surface area contributed by atoms with Crippen LogP contribution in [0.5, 0.6) is 11.5 Å². The Bertz CT molecular complexity index is 689. The second-order valence-corrected chi connectivity index (χ2v) is 5.94. The van der Waals surface area contributed by atoms with Crippen LogP contribution in [0.25, 0.3) is 0 Å². The molecule has 1 aromatic carbocycles. The number of nitrogens with zero attached hydrogens (tertiary/aromatic N) is 2. The Labute approximate surface area is 154 Å². The number of hydrogen-bond acceptors (Lipinski definition) is 6. The van der Waals surface area contributed by atoms with Crippen molar-refractivity contribution in [1.29, 1.82) is 0 Å². The number of nitrogens with one attached hydrogen (secondary N) is 2. The van der Waals surface area contributed by atoms with Crippen molar-refractivity contribution in [2.75, 3.05) is 52.8 Å². The van der Waals surface area contributed by atoms with Gasteiger partial charge in [0, 0.05) is 25.0 Å². The van der Waals surface area contributed by atoms with Gasteiger partial charge in [-0.25, -0.2) is 0 Å². The Morgan fingerprint density at radius 1 is 1.12 bits per heavy atom. The van der Waals surface area contributed by atoms with E-state index in [4.69, 9.17) is 9.47 Å². The van der Waals surface area contributed by atoms with Gasteiger partial charge in [0.1, 0.15) is 23.8 Å². The number of likely N-dealkylation sites (N-methyl/N-ethyl adjacent to an activating group) is 1. The molecule has 7 heteroatoms.